The van der Waals surface area contributed by atoms with Crippen LogP contribution in [0.15, 0.2) is 0 Å². The summed E-state index contributed by atoms with van der Waals surface area (Å²) in [6, 6.07) is -0.487. The lowest BCUT2D eigenvalue weighted by Crippen LogP contribution is -2.52. The maximum Gasteiger partial charge on any atom is 0.324 e. The summed E-state index contributed by atoms with van der Waals surface area (Å²) >= 11 is 0. The van der Waals surface area contributed by atoms with Crippen molar-refractivity contribution >= 4 is 5.97 Å². The van der Waals surface area contributed by atoms with E-state index >= 15 is 0 Å². The molecule has 0 aromatic rings. The van der Waals surface area contributed by atoms with Gasteiger partial charge in [0.1, 0.15) is 6.04 Å². The van der Waals surface area contributed by atoms with Gasteiger partial charge in [-0.25, -0.2) is 5.01 Å². The van der Waals surface area contributed by atoms with Gasteiger partial charge in [-0.1, -0.05) is 0 Å². The fourth-order valence-electron chi connectivity index (χ4n) is 1.33. The maximum absolute atomic E-state index is 11.1. The van der Waals surface area contributed by atoms with E-state index in [-0.39, 0.29) is 5.97 Å². The van der Waals surface area contributed by atoms with Gasteiger partial charge in [-0.2, -0.15) is 0 Å². The smallest absolute Gasteiger partial charge is 0.324 e. The van der Waals surface area contributed by atoms with Gasteiger partial charge in [-0.3, -0.25) is 10.6 Å². The molecule has 1 heterocycles. The van der Waals surface area contributed by atoms with Crippen LogP contribution >= 0.6 is 0 Å². The number of aliphatic hydroxyl groups excluding tert-OH is 1. The zero-order valence-electron chi connectivity index (χ0n) is 7.06. The summed E-state index contributed by atoms with van der Waals surface area (Å²) in [6.07, 6.45) is 0.543. The monoisotopic (exact) mass is 174 g/mol. The predicted molar refractivity (Wildman–Crippen MR) is 41.9 cm³/mol. The Kier molecular flexibility index (Phi) is 3.02. The van der Waals surface area contributed by atoms with Crippen molar-refractivity contribution in [2.24, 2.45) is 5.84 Å². The minimum Gasteiger partial charge on any atom is -0.468 e. The van der Waals surface area contributed by atoms with Gasteiger partial charge < -0.3 is 9.84 Å². The number of aliphatic hydroxyl groups is 1. The van der Waals surface area contributed by atoms with Gasteiger partial charge in [0.2, 0.25) is 0 Å². The number of hydrogen-bond acceptors (Lipinski definition) is 5. The molecule has 70 valence electrons. The first-order valence-corrected chi connectivity index (χ1v) is 3.92. The van der Waals surface area contributed by atoms with Crippen LogP contribution in [0.3, 0.4) is 0 Å². The number of methoxy groups -OCH3 is 1. The number of nitrogens with two attached hydrogens (primary N) is 1. The van der Waals surface area contributed by atoms with Gasteiger partial charge in [0.15, 0.2) is 0 Å². The first kappa shape index (κ1) is 9.44. The van der Waals surface area contributed by atoms with E-state index in [9.17, 15) is 9.90 Å². The van der Waals surface area contributed by atoms with E-state index in [1.54, 1.807) is 0 Å². The number of rotatable bonds is 1. The van der Waals surface area contributed by atoms with Gasteiger partial charge in [0.25, 0.3) is 0 Å². The second-order valence-corrected chi connectivity index (χ2v) is 2.95. The normalized spacial score (nSPS) is 31.6. The van der Waals surface area contributed by atoms with Crippen LogP contribution in [-0.2, 0) is 9.53 Å². The van der Waals surface area contributed by atoms with Crippen LogP contribution in [0.2, 0.25) is 0 Å². The lowest BCUT2D eigenvalue weighted by molar-refractivity contribution is -0.150. The summed E-state index contributed by atoms with van der Waals surface area (Å²) < 4.78 is 4.54. The van der Waals surface area contributed by atoms with Gasteiger partial charge in [0.05, 0.1) is 13.2 Å². The van der Waals surface area contributed by atoms with Crippen LogP contribution in [0.5, 0.6) is 0 Å². The number of hydrazine groups is 1. The lowest BCUT2D eigenvalue weighted by Gasteiger charge is -2.32. The van der Waals surface area contributed by atoms with Crippen LogP contribution in [0, 0.1) is 0 Å². The van der Waals surface area contributed by atoms with Crippen LogP contribution in [0.25, 0.3) is 0 Å². The zero-order valence-corrected chi connectivity index (χ0v) is 7.06. The highest BCUT2D eigenvalue weighted by molar-refractivity contribution is 5.75. The molecule has 0 aromatic carbocycles. The highest BCUT2D eigenvalue weighted by Crippen LogP contribution is 2.14. The van der Waals surface area contributed by atoms with Crippen LogP contribution in [0.1, 0.15) is 12.8 Å². The molecule has 1 aliphatic heterocycles. The minimum absolute atomic E-state index is 0.364. The molecule has 5 heteroatoms. The fraction of sp³-hybridized carbons (Fsp3) is 0.857. The van der Waals surface area contributed by atoms with E-state index in [0.717, 1.165) is 0 Å². The molecule has 1 aliphatic rings. The number of carbonyl (C=O) groups is 1. The van der Waals surface area contributed by atoms with Gasteiger partial charge in [-0.05, 0) is 6.42 Å². The Hall–Kier alpha value is -0.650. The second kappa shape index (κ2) is 3.84. The molecule has 0 aromatic heterocycles. The summed E-state index contributed by atoms with van der Waals surface area (Å²) in [5.41, 5.74) is 0. The molecule has 0 amide bonds. The number of piperidine rings is 1. The third-order valence-corrected chi connectivity index (χ3v) is 2.09. The highest BCUT2D eigenvalue weighted by atomic mass is 16.5. The van der Waals surface area contributed by atoms with E-state index in [1.165, 1.54) is 12.1 Å². The first-order chi connectivity index (χ1) is 5.65. The molecule has 12 heavy (non-hydrogen) atoms. The van der Waals surface area contributed by atoms with Crippen LogP contribution < -0.4 is 5.84 Å². The average molecular weight is 174 g/mol. The van der Waals surface area contributed by atoms with Gasteiger partial charge in [0, 0.05) is 13.0 Å². The molecule has 3 N–H and O–H groups in total. The Morgan fingerprint density at radius 3 is 3.00 bits per heavy atom. The van der Waals surface area contributed by atoms with Crippen molar-refractivity contribution in [1.82, 2.24) is 5.01 Å². The van der Waals surface area contributed by atoms with E-state index in [1.807, 2.05) is 0 Å². The van der Waals surface area contributed by atoms with Gasteiger partial charge >= 0.3 is 5.97 Å². The minimum atomic E-state index is -0.487. The maximum atomic E-state index is 11.1. The molecule has 0 saturated carbocycles. The average Bonchev–Trinajstić information content (AvgIpc) is 2.08. The summed E-state index contributed by atoms with van der Waals surface area (Å²) in [5, 5.41) is 10.7. The molecule has 0 aliphatic carbocycles. The third-order valence-electron chi connectivity index (χ3n) is 2.09. The molecule has 1 rings (SSSR count). The number of esters is 1. The largest absolute Gasteiger partial charge is 0.468 e. The van der Waals surface area contributed by atoms with Crippen LogP contribution in [-0.4, -0.2) is 41.9 Å². The number of carbonyl (C=O) groups excluding carboxylic acids is 1. The Balaban J connectivity index is 2.54. The van der Waals surface area contributed by atoms with E-state index in [0.29, 0.717) is 19.4 Å². The Labute approximate surface area is 71.1 Å². The zero-order chi connectivity index (χ0) is 9.14. The van der Waals surface area contributed by atoms with E-state index in [2.05, 4.69) is 4.74 Å². The summed E-state index contributed by atoms with van der Waals surface area (Å²) in [6.45, 7) is 0.529. The van der Waals surface area contributed by atoms with Crippen LogP contribution in [0.4, 0.5) is 0 Å². The molecule has 0 spiro atoms. The molecule has 0 unspecified atom stereocenters. The third kappa shape index (κ3) is 1.94. The Morgan fingerprint density at radius 1 is 1.75 bits per heavy atom. The van der Waals surface area contributed by atoms with E-state index in [4.69, 9.17) is 5.84 Å². The topological polar surface area (TPSA) is 75.8 Å². The molecule has 2 atom stereocenters. The Bertz CT molecular complexity index is 174. The van der Waals surface area contributed by atoms with Crippen molar-refractivity contribution in [2.45, 2.75) is 25.0 Å². The standard InChI is InChI=1S/C7H14N2O3/c1-12-7(11)6-4-5(10)2-3-9(6)8/h5-6,10H,2-4,8H2,1H3/t5-,6+/m1/s1. The molecule has 5 nitrogen and oxygen atoms in total. The summed E-state index contributed by atoms with van der Waals surface area (Å²) in [5.74, 6) is 5.16. The molecule has 1 saturated heterocycles. The number of nitrogens with zero attached hydrogens (tertiary/aromatic N) is 1. The van der Waals surface area contributed by atoms with Crippen molar-refractivity contribution in [1.29, 1.82) is 0 Å². The number of hydrogen-bond donors (Lipinski definition) is 2. The summed E-state index contributed by atoms with van der Waals surface area (Å²) in [4.78, 5) is 11.1. The van der Waals surface area contributed by atoms with Crippen molar-refractivity contribution in [2.75, 3.05) is 13.7 Å². The molecular formula is C7H14N2O3. The lowest BCUT2D eigenvalue weighted by atomic mass is 10.0. The number of ether oxygens (including phenoxy) is 1. The first-order valence-electron chi connectivity index (χ1n) is 3.92. The quantitative estimate of drug-likeness (QED) is 0.388. The second-order valence-electron chi connectivity index (χ2n) is 2.95. The van der Waals surface area contributed by atoms with Crippen molar-refractivity contribution in [3.05, 3.63) is 0 Å². The molecule has 0 radical (unpaired) electrons. The summed E-state index contributed by atoms with van der Waals surface area (Å²) in [7, 11) is 1.32. The van der Waals surface area contributed by atoms with E-state index < -0.39 is 12.1 Å². The fourth-order valence-corrected chi connectivity index (χ4v) is 1.33. The molecule has 1 fully saturated rings. The Morgan fingerprint density at radius 2 is 2.42 bits per heavy atom. The van der Waals surface area contributed by atoms with Crippen molar-refractivity contribution < 1.29 is 14.6 Å². The van der Waals surface area contributed by atoms with Crippen molar-refractivity contribution in [3.8, 4) is 0 Å². The van der Waals surface area contributed by atoms with Gasteiger partial charge in [-0.15, -0.1) is 0 Å². The van der Waals surface area contributed by atoms with Crippen molar-refractivity contribution in [3.63, 3.8) is 0 Å². The molecule has 0 bridgehead atoms. The molecular weight excluding hydrogens is 160 g/mol. The predicted octanol–water partition coefficient (Wildman–Crippen LogP) is -1.14. The SMILES string of the molecule is COC(=O)[C@@H]1C[C@H](O)CCN1N. The highest BCUT2D eigenvalue weighted by Gasteiger charge is 2.31.